The molecule has 1 N–H and O–H groups in total. The van der Waals surface area contributed by atoms with Gasteiger partial charge in [0, 0.05) is 59.2 Å². The van der Waals surface area contributed by atoms with Crippen molar-refractivity contribution >= 4 is 22.1 Å². The van der Waals surface area contributed by atoms with E-state index in [1.807, 2.05) is 30.7 Å². The van der Waals surface area contributed by atoms with Gasteiger partial charge in [0.25, 0.3) is 0 Å². The first-order valence-electron chi connectivity index (χ1n) is 5.90. The van der Waals surface area contributed by atoms with Gasteiger partial charge in [-0.25, -0.2) is 9.97 Å². The first-order chi connectivity index (χ1) is 9.42. The van der Waals surface area contributed by atoms with E-state index >= 15 is 0 Å². The van der Waals surface area contributed by atoms with Crippen molar-refractivity contribution in [2.45, 2.75) is 0 Å². The normalized spacial score (nSPS) is 11.2. The smallest absolute Gasteiger partial charge is 0.178 e. The van der Waals surface area contributed by atoms with Crippen LogP contribution >= 0.6 is 0 Å². The number of nitrogens with zero attached hydrogens (tertiary/aromatic N) is 4. The first kappa shape index (κ1) is 10.1. The zero-order chi connectivity index (χ0) is 12.7. The van der Waals surface area contributed by atoms with Crippen molar-refractivity contribution < 1.29 is 0 Å². The average molecular weight is 247 g/mol. The summed E-state index contributed by atoms with van der Waals surface area (Å²) in [6, 6.07) is 3.94. The van der Waals surface area contributed by atoms with Crippen LogP contribution in [-0.4, -0.2) is 24.9 Å². The highest BCUT2D eigenvalue weighted by molar-refractivity contribution is 5.95. The second kappa shape index (κ2) is 3.84. The van der Waals surface area contributed by atoms with Gasteiger partial charge in [0.15, 0.2) is 5.65 Å². The molecular formula is C14H9N5. The highest BCUT2D eigenvalue weighted by Gasteiger charge is 2.07. The second-order valence-corrected chi connectivity index (χ2v) is 4.25. The lowest BCUT2D eigenvalue weighted by Gasteiger charge is -2.00. The molecule has 0 aliphatic rings. The Morgan fingerprint density at radius 3 is 2.89 bits per heavy atom. The number of nitrogens with one attached hydrogen (secondary N) is 1. The zero-order valence-corrected chi connectivity index (χ0v) is 9.91. The van der Waals surface area contributed by atoms with E-state index < -0.39 is 0 Å². The maximum absolute atomic E-state index is 4.34. The Bertz CT molecular complexity index is 881. The van der Waals surface area contributed by atoms with Crippen LogP contribution in [0, 0.1) is 0 Å². The number of aromatic amines is 1. The molecule has 4 aromatic heterocycles. The van der Waals surface area contributed by atoms with Crippen LogP contribution in [0.5, 0.6) is 0 Å². The molecule has 5 nitrogen and oxygen atoms in total. The Labute approximate surface area is 108 Å². The summed E-state index contributed by atoms with van der Waals surface area (Å²) in [5.74, 6) is 0. The molecule has 0 amide bonds. The number of hydrogen-bond donors (Lipinski definition) is 1. The molecule has 0 unspecified atom stereocenters. The third kappa shape index (κ3) is 1.55. The molecule has 0 spiro atoms. The van der Waals surface area contributed by atoms with Gasteiger partial charge in [0.05, 0.1) is 0 Å². The SMILES string of the molecule is c1cc2[nH]cc(-c3cnc4nccnc4c3)c2cn1. The van der Waals surface area contributed by atoms with Crippen LogP contribution in [-0.2, 0) is 0 Å². The van der Waals surface area contributed by atoms with Gasteiger partial charge in [-0.05, 0) is 12.1 Å². The molecule has 0 aliphatic carbocycles. The fourth-order valence-electron chi connectivity index (χ4n) is 2.21. The van der Waals surface area contributed by atoms with E-state index in [0.717, 1.165) is 27.5 Å². The van der Waals surface area contributed by atoms with Gasteiger partial charge in [-0.3, -0.25) is 9.97 Å². The average Bonchev–Trinajstić information content (AvgIpc) is 2.91. The lowest BCUT2D eigenvalue weighted by atomic mass is 10.1. The Balaban J connectivity index is 1.99. The Hall–Kier alpha value is -2.82. The summed E-state index contributed by atoms with van der Waals surface area (Å²) in [6.07, 6.45) is 10.7. The minimum absolute atomic E-state index is 0.657. The van der Waals surface area contributed by atoms with E-state index in [1.54, 1.807) is 18.6 Å². The third-order valence-electron chi connectivity index (χ3n) is 3.12. The summed E-state index contributed by atoms with van der Waals surface area (Å²) in [6.45, 7) is 0. The molecule has 4 rings (SSSR count). The molecule has 4 heterocycles. The van der Waals surface area contributed by atoms with E-state index in [4.69, 9.17) is 0 Å². The highest BCUT2D eigenvalue weighted by atomic mass is 14.9. The van der Waals surface area contributed by atoms with Crippen LogP contribution < -0.4 is 0 Å². The Morgan fingerprint density at radius 1 is 0.947 bits per heavy atom. The molecule has 0 radical (unpaired) electrons. The topological polar surface area (TPSA) is 67.3 Å². The van der Waals surface area contributed by atoms with Gasteiger partial charge in [-0.2, -0.15) is 0 Å². The highest BCUT2D eigenvalue weighted by Crippen LogP contribution is 2.28. The number of fused-ring (bicyclic) bond motifs is 2. The van der Waals surface area contributed by atoms with Crippen LogP contribution in [0.15, 0.2) is 49.3 Å². The number of H-pyrrole nitrogens is 1. The van der Waals surface area contributed by atoms with E-state index in [1.165, 1.54) is 0 Å². The van der Waals surface area contributed by atoms with Crippen molar-refractivity contribution in [1.82, 2.24) is 24.9 Å². The fourth-order valence-corrected chi connectivity index (χ4v) is 2.21. The summed E-state index contributed by atoms with van der Waals surface area (Å²) in [4.78, 5) is 20.2. The summed E-state index contributed by atoms with van der Waals surface area (Å²) in [5, 5.41) is 1.08. The van der Waals surface area contributed by atoms with Crippen LogP contribution in [0.1, 0.15) is 0 Å². The summed E-state index contributed by atoms with van der Waals surface area (Å²) in [5.41, 5.74) is 4.59. The summed E-state index contributed by atoms with van der Waals surface area (Å²) >= 11 is 0. The fraction of sp³-hybridized carbons (Fsp3) is 0. The molecule has 0 fully saturated rings. The van der Waals surface area contributed by atoms with Crippen molar-refractivity contribution in [3.8, 4) is 11.1 Å². The van der Waals surface area contributed by atoms with Gasteiger partial charge in [-0.1, -0.05) is 0 Å². The van der Waals surface area contributed by atoms with Crippen LogP contribution in [0.4, 0.5) is 0 Å². The molecule has 0 atom stereocenters. The minimum atomic E-state index is 0.657. The number of hydrogen-bond acceptors (Lipinski definition) is 4. The Morgan fingerprint density at radius 2 is 1.89 bits per heavy atom. The van der Waals surface area contributed by atoms with Crippen LogP contribution in [0.25, 0.3) is 33.2 Å². The maximum Gasteiger partial charge on any atom is 0.178 e. The molecule has 19 heavy (non-hydrogen) atoms. The lowest BCUT2D eigenvalue weighted by Crippen LogP contribution is -1.87. The first-order valence-corrected chi connectivity index (χ1v) is 5.90. The van der Waals surface area contributed by atoms with Crippen molar-refractivity contribution in [1.29, 1.82) is 0 Å². The van der Waals surface area contributed by atoms with Crippen LogP contribution in [0.3, 0.4) is 0 Å². The Kier molecular flexibility index (Phi) is 2.05. The van der Waals surface area contributed by atoms with E-state index in [9.17, 15) is 0 Å². The largest absolute Gasteiger partial charge is 0.360 e. The van der Waals surface area contributed by atoms with Gasteiger partial charge >= 0.3 is 0 Å². The van der Waals surface area contributed by atoms with Crippen molar-refractivity contribution in [3.63, 3.8) is 0 Å². The van der Waals surface area contributed by atoms with Crippen LogP contribution in [0.2, 0.25) is 0 Å². The summed E-state index contributed by atoms with van der Waals surface area (Å²) in [7, 11) is 0. The van der Waals surface area contributed by atoms with Gasteiger partial charge in [0.2, 0.25) is 0 Å². The number of pyridine rings is 2. The monoisotopic (exact) mass is 247 g/mol. The van der Waals surface area contributed by atoms with Crippen molar-refractivity contribution in [2.75, 3.05) is 0 Å². The minimum Gasteiger partial charge on any atom is -0.360 e. The maximum atomic E-state index is 4.34. The quantitative estimate of drug-likeness (QED) is 0.561. The molecule has 90 valence electrons. The van der Waals surface area contributed by atoms with E-state index in [2.05, 4.69) is 24.9 Å². The third-order valence-corrected chi connectivity index (χ3v) is 3.12. The second-order valence-electron chi connectivity index (χ2n) is 4.25. The molecular weight excluding hydrogens is 238 g/mol. The molecule has 5 heteroatoms. The molecule has 4 aromatic rings. The van der Waals surface area contributed by atoms with Crippen molar-refractivity contribution in [3.05, 3.63) is 49.3 Å². The molecule has 0 bridgehead atoms. The molecule has 0 saturated heterocycles. The zero-order valence-electron chi connectivity index (χ0n) is 9.91. The molecule has 0 aromatic carbocycles. The lowest BCUT2D eigenvalue weighted by molar-refractivity contribution is 1.22. The van der Waals surface area contributed by atoms with Gasteiger partial charge in [-0.15, -0.1) is 0 Å². The summed E-state index contributed by atoms with van der Waals surface area (Å²) < 4.78 is 0. The van der Waals surface area contributed by atoms with Gasteiger partial charge < -0.3 is 4.98 Å². The predicted octanol–water partition coefficient (Wildman–Crippen LogP) is 2.57. The predicted molar refractivity (Wildman–Crippen MR) is 72.4 cm³/mol. The van der Waals surface area contributed by atoms with E-state index in [0.29, 0.717) is 5.65 Å². The van der Waals surface area contributed by atoms with Gasteiger partial charge in [0.1, 0.15) is 5.52 Å². The van der Waals surface area contributed by atoms with Crippen molar-refractivity contribution in [2.24, 2.45) is 0 Å². The number of aromatic nitrogens is 5. The van der Waals surface area contributed by atoms with E-state index in [-0.39, 0.29) is 0 Å². The standard InChI is InChI=1S/C14H9N5/c1-2-15-7-11-10(8-18-12(1)11)9-5-13-14(19-6-9)17-4-3-16-13/h1-8,18H. The molecule has 0 aliphatic heterocycles. The number of rotatable bonds is 1. The molecule has 0 saturated carbocycles.